The number of morpholine rings is 1. The fraction of sp³-hybridized carbons (Fsp3) is 0.545. The highest BCUT2D eigenvalue weighted by atomic mass is 16.5. The zero-order valence-electron chi connectivity index (χ0n) is 17.2. The van der Waals surface area contributed by atoms with E-state index in [4.69, 9.17) is 9.47 Å². The molecule has 3 N–H and O–H groups in total. The van der Waals surface area contributed by atoms with Crippen molar-refractivity contribution in [2.24, 2.45) is 0 Å². The van der Waals surface area contributed by atoms with Crippen LogP contribution in [-0.2, 0) is 25.5 Å². The van der Waals surface area contributed by atoms with Gasteiger partial charge in [0, 0.05) is 19.6 Å². The molecule has 0 aromatic heterocycles. The van der Waals surface area contributed by atoms with Gasteiger partial charge in [0.2, 0.25) is 11.8 Å². The highest BCUT2D eigenvalue weighted by Gasteiger charge is 2.29. The second-order valence-electron chi connectivity index (χ2n) is 7.55. The Balaban J connectivity index is 1.41. The van der Waals surface area contributed by atoms with Crippen LogP contribution in [0.4, 0.5) is 0 Å². The van der Waals surface area contributed by atoms with Crippen molar-refractivity contribution >= 4 is 11.8 Å². The molecule has 164 valence electrons. The molecule has 2 heterocycles. The van der Waals surface area contributed by atoms with Gasteiger partial charge in [-0.05, 0) is 12.0 Å². The van der Waals surface area contributed by atoms with Gasteiger partial charge in [-0.25, -0.2) is 0 Å². The van der Waals surface area contributed by atoms with Gasteiger partial charge >= 0.3 is 0 Å². The first-order chi connectivity index (χ1) is 14.6. The Labute approximate surface area is 177 Å². The first kappa shape index (κ1) is 22.4. The number of nitrogens with zero attached hydrogens (tertiary/aromatic N) is 1. The smallest absolute Gasteiger partial charge is 0.234 e. The SMILES string of the molecule is O=C(C[C@@H]1C=C[C@@H](NC(=O)CN2CCOCC2)[C@H](CO)O1)NCCc1ccccc1. The Kier molecular flexibility index (Phi) is 8.82. The van der Waals surface area contributed by atoms with E-state index in [-0.39, 0.29) is 24.8 Å². The summed E-state index contributed by atoms with van der Waals surface area (Å²) < 4.78 is 11.1. The van der Waals surface area contributed by atoms with Gasteiger partial charge in [-0.2, -0.15) is 0 Å². The lowest BCUT2D eigenvalue weighted by Crippen LogP contribution is -2.52. The van der Waals surface area contributed by atoms with E-state index in [0.29, 0.717) is 26.3 Å². The van der Waals surface area contributed by atoms with Crippen molar-refractivity contribution in [3.8, 4) is 0 Å². The molecular formula is C22H31N3O5. The summed E-state index contributed by atoms with van der Waals surface area (Å²) in [6.07, 6.45) is 3.53. The summed E-state index contributed by atoms with van der Waals surface area (Å²) in [5.41, 5.74) is 1.17. The van der Waals surface area contributed by atoms with Crippen LogP contribution in [0.15, 0.2) is 42.5 Å². The summed E-state index contributed by atoms with van der Waals surface area (Å²) in [6.45, 7) is 3.34. The van der Waals surface area contributed by atoms with Crippen LogP contribution in [0.25, 0.3) is 0 Å². The third kappa shape index (κ3) is 7.21. The highest BCUT2D eigenvalue weighted by Crippen LogP contribution is 2.16. The largest absolute Gasteiger partial charge is 0.394 e. The van der Waals surface area contributed by atoms with Crippen molar-refractivity contribution in [2.45, 2.75) is 31.1 Å². The predicted octanol–water partition coefficient (Wildman–Crippen LogP) is -0.132. The number of amides is 2. The minimum atomic E-state index is -0.578. The highest BCUT2D eigenvalue weighted by molar-refractivity contribution is 5.79. The van der Waals surface area contributed by atoms with E-state index in [2.05, 4.69) is 10.6 Å². The summed E-state index contributed by atoms with van der Waals surface area (Å²) in [6, 6.07) is 9.55. The molecule has 30 heavy (non-hydrogen) atoms. The van der Waals surface area contributed by atoms with Crippen molar-refractivity contribution in [2.75, 3.05) is 46.0 Å². The fourth-order valence-electron chi connectivity index (χ4n) is 3.58. The van der Waals surface area contributed by atoms with Crippen molar-refractivity contribution in [1.29, 1.82) is 0 Å². The van der Waals surface area contributed by atoms with Gasteiger partial charge in [0.05, 0.1) is 44.9 Å². The maximum Gasteiger partial charge on any atom is 0.234 e. The predicted molar refractivity (Wildman–Crippen MR) is 112 cm³/mol. The molecule has 2 aliphatic rings. The first-order valence-corrected chi connectivity index (χ1v) is 10.5. The number of carbonyl (C=O) groups is 2. The second kappa shape index (κ2) is 11.8. The van der Waals surface area contributed by atoms with E-state index >= 15 is 0 Å². The number of nitrogens with one attached hydrogen (secondary N) is 2. The molecule has 1 aromatic rings. The summed E-state index contributed by atoms with van der Waals surface area (Å²) in [7, 11) is 0. The average molecular weight is 418 g/mol. The number of benzene rings is 1. The quantitative estimate of drug-likeness (QED) is 0.484. The first-order valence-electron chi connectivity index (χ1n) is 10.5. The lowest BCUT2D eigenvalue weighted by Gasteiger charge is -2.32. The zero-order valence-corrected chi connectivity index (χ0v) is 17.2. The Hall–Kier alpha value is -2.26. The van der Waals surface area contributed by atoms with Gasteiger partial charge in [-0.3, -0.25) is 14.5 Å². The third-order valence-corrected chi connectivity index (χ3v) is 5.23. The summed E-state index contributed by atoms with van der Waals surface area (Å²) in [4.78, 5) is 26.5. The Morgan fingerprint density at radius 3 is 2.60 bits per heavy atom. The van der Waals surface area contributed by atoms with Crippen LogP contribution >= 0.6 is 0 Å². The number of hydrogen-bond acceptors (Lipinski definition) is 6. The second-order valence-corrected chi connectivity index (χ2v) is 7.55. The molecule has 3 atom stereocenters. The molecule has 0 aliphatic carbocycles. The molecule has 0 saturated carbocycles. The van der Waals surface area contributed by atoms with Crippen molar-refractivity contribution in [3.63, 3.8) is 0 Å². The normalized spacial score (nSPS) is 24.4. The molecule has 0 bridgehead atoms. The molecule has 2 amide bonds. The van der Waals surface area contributed by atoms with Crippen molar-refractivity contribution < 1.29 is 24.2 Å². The van der Waals surface area contributed by atoms with Gasteiger partial charge in [-0.15, -0.1) is 0 Å². The van der Waals surface area contributed by atoms with E-state index in [0.717, 1.165) is 19.5 Å². The minimum Gasteiger partial charge on any atom is -0.394 e. The van der Waals surface area contributed by atoms with Gasteiger partial charge in [-0.1, -0.05) is 42.5 Å². The van der Waals surface area contributed by atoms with Crippen LogP contribution in [0.2, 0.25) is 0 Å². The fourth-order valence-corrected chi connectivity index (χ4v) is 3.58. The Bertz CT molecular complexity index is 706. The lowest BCUT2D eigenvalue weighted by molar-refractivity contribution is -0.129. The van der Waals surface area contributed by atoms with Gasteiger partial charge in [0.25, 0.3) is 0 Å². The molecule has 1 aromatic carbocycles. The summed E-state index contributed by atoms with van der Waals surface area (Å²) >= 11 is 0. The maximum atomic E-state index is 12.3. The minimum absolute atomic E-state index is 0.105. The van der Waals surface area contributed by atoms with Crippen LogP contribution in [-0.4, -0.2) is 86.1 Å². The van der Waals surface area contributed by atoms with Crippen LogP contribution in [0.5, 0.6) is 0 Å². The summed E-state index contributed by atoms with van der Waals surface area (Å²) in [5, 5.41) is 15.5. The van der Waals surface area contributed by atoms with Gasteiger partial charge < -0.3 is 25.2 Å². The molecule has 1 saturated heterocycles. The molecule has 0 spiro atoms. The van der Waals surface area contributed by atoms with E-state index in [1.54, 1.807) is 6.08 Å². The molecule has 8 heteroatoms. The number of ether oxygens (including phenoxy) is 2. The zero-order chi connectivity index (χ0) is 21.2. The van der Waals surface area contributed by atoms with Crippen molar-refractivity contribution in [1.82, 2.24) is 15.5 Å². The number of carbonyl (C=O) groups excluding carboxylic acids is 2. The van der Waals surface area contributed by atoms with Crippen LogP contribution in [0, 0.1) is 0 Å². The molecule has 2 aliphatic heterocycles. The van der Waals surface area contributed by atoms with Gasteiger partial charge in [0.1, 0.15) is 6.10 Å². The topological polar surface area (TPSA) is 100 Å². The molecule has 0 unspecified atom stereocenters. The Morgan fingerprint density at radius 1 is 1.10 bits per heavy atom. The number of hydrogen-bond donors (Lipinski definition) is 3. The van der Waals surface area contributed by atoms with Crippen LogP contribution in [0.3, 0.4) is 0 Å². The Morgan fingerprint density at radius 2 is 1.87 bits per heavy atom. The van der Waals surface area contributed by atoms with Crippen LogP contribution in [0.1, 0.15) is 12.0 Å². The molecule has 3 rings (SSSR count). The number of rotatable bonds is 9. The molecule has 0 radical (unpaired) electrons. The summed E-state index contributed by atoms with van der Waals surface area (Å²) in [5.74, 6) is -0.224. The standard InChI is InChI=1S/C22H31N3O5/c26-16-20-19(24-22(28)15-25-10-12-29-13-11-25)7-6-18(30-20)14-21(27)23-9-8-17-4-2-1-3-5-17/h1-7,18-20,26H,8-16H2,(H,23,27)(H,24,28)/t18-,19+,20-/m0/s1. The van der Waals surface area contributed by atoms with Gasteiger partial charge in [0.15, 0.2) is 0 Å². The molecular weight excluding hydrogens is 386 g/mol. The molecule has 1 fully saturated rings. The van der Waals surface area contributed by atoms with Crippen molar-refractivity contribution in [3.05, 3.63) is 48.0 Å². The lowest BCUT2D eigenvalue weighted by atomic mass is 10.0. The number of aliphatic hydroxyl groups is 1. The van der Waals surface area contributed by atoms with E-state index in [9.17, 15) is 14.7 Å². The average Bonchev–Trinajstić information content (AvgIpc) is 2.76. The van der Waals surface area contributed by atoms with E-state index < -0.39 is 18.2 Å². The number of aliphatic hydroxyl groups excluding tert-OH is 1. The maximum absolute atomic E-state index is 12.3. The van der Waals surface area contributed by atoms with E-state index in [1.807, 2.05) is 41.3 Å². The molecule has 8 nitrogen and oxygen atoms in total. The van der Waals surface area contributed by atoms with Crippen LogP contribution < -0.4 is 10.6 Å². The third-order valence-electron chi connectivity index (χ3n) is 5.23. The monoisotopic (exact) mass is 417 g/mol. The van der Waals surface area contributed by atoms with E-state index in [1.165, 1.54) is 5.56 Å².